The Balaban J connectivity index is 1.83. The van der Waals surface area contributed by atoms with Gasteiger partial charge >= 0.3 is 0 Å². The fourth-order valence-corrected chi connectivity index (χ4v) is 6.75. The van der Waals surface area contributed by atoms with Crippen LogP contribution in [0.25, 0.3) is 0 Å². The molecule has 45 heavy (non-hydrogen) atoms. The Bertz CT molecular complexity index is 1730. The molecular weight excluding hydrogens is 606 g/mol. The Kier molecular flexibility index (Phi) is 11.4. The molecule has 1 atom stereocenters. The third kappa shape index (κ3) is 8.32. The normalized spacial score (nSPS) is 11.9. The van der Waals surface area contributed by atoms with E-state index in [-0.39, 0.29) is 23.8 Å². The van der Waals surface area contributed by atoms with Crippen molar-refractivity contribution in [3.05, 3.63) is 130 Å². The summed E-state index contributed by atoms with van der Waals surface area (Å²) in [5.74, 6) is -0.847. The molecule has 0 heterocycles. The van der Waals surface area contributed by atoms with Crippen molar-refractivity contribution in [2.45, 2.75) is 58.0 Å². The Morgan fingerprint density at radius 2 is 1.51 bits per heavy atom. The van der Waals surface area contributed by atoms with Crippen molar-refractivity contribution in [3.8, 4) is 0 Å². The second kappa shape index (κ2) is 15.2. The molecule has 0 saturated heterocycles. The van der Waals surface area contributed by atoms with E-state index in [9.17, 15) is 18.0 Å². The molecule has 9 heteroatoms. The summed E-state index contributed by atoms with van der Waals surface area (Å²) in [5, 5.41) is 3.40. The number of benzene rings is 4. The lowest BCUT2D eigenvalue weighted by Crippen LogP contribution is -2.53. The highest BCUT2D eigenvalue weighted by Crippen LogP contribution is 2.30. The van der Waals surface area contributed by atoms with Crippen LogP contribution in [0, 0.1) is 20.8 Å². The highest BCUT2D eigenvalue weighted by Gasteiger charge is 2.35. The summed E-state index contributed by atoms with van der Waals surface area (Å²) in [5.41, 5.74) is 4.45. The van der Waals surface area contributed by atoms with Gasteiger partial charge in [-0.1, -0.05) is 96.9 Å². The van der Waals surface area contributed by atoms with Crippen molar-refractivity contribution < 1.29 is 18.0 Å². The summed E-state index contributed by atoms with van der Waals surface area (Å²) in [4.78, 5) is 29.9. The minimum absolute atomic E-state index is 0.0147. The molecule has 4 aromatic carbocycles. The number of anilines is 1. The van der Waals surface area contributed by atoms with E-state index in [1.54, 1.807) is 54.6 Å². The molecule has 0 radical (unpaired) electrons. The summed E-state index contributed by atoms with van der Waals surface area (Å²) in [6.45, 7) is 7.51. The second-order valence-corrected chi connectivity index (χ2v) is 13.4. The molecule has 0 aliphatic carbocycles. The molecule has 0 fully saturated rings. The topological polar surface area (TPSA) is 86.8 Å². The van der Waals surface area contributed by atoms with E-state index in [2.05, 4.69) is 5.32 Å². The van der Waals surface area contributed by atoms with Crippen LogP contribution in [0.4, 0.5) is 5.69 Å². The number of nitrogens with one attached hydrogen (secondary N) is 1. The molecule has 0 aliphatic heterocycles. The Labute approximate surface area is 271 Å². The lowest BCUT2D eigenvalue weighted by molar-refractivity contribution is -0.140. The van der Waals surface area contributed by atoms with Gasteiger partial charge in [0.2, 0.25) is 11.8 Å². The fourth-order valence-electron chi connectivity index (χ4n) is 5.09. The SMILES string of the molecule is CCCNC(=O)[C@@H](Cc1ccccc1)N(Cc1ccccc1Cl)C(=O)CN(c1cccc(C)c1C)S(=O)(=O)c1ccc(C)cc1. The van der Waals surface area contributed by atoms with Gasteiger partial charge in [0.25, 0.3) is 10.0 Å². The van der Waals surface area contributed by atoms with E-state index in [4.69, 9.17) is 11.6 Å². The molecule has 0 saturated carbocycles. The molecule has 0 aromatic heterocycles. The first-order valence-electron chi connectivity index (χ1n) is 15.0. The second-order valence-electron chi connectivity index (χ2n) is 11.2. The maximum absolute atomic E-state index is 14.6. The third-order valence-electron chi connectivity index (χ3n) is 7.85. The van der Waals surface area contributed by atoms with Crippen molar-refractivity contribution in [1.29, 1.82) is 0 Å². The molecule has 1 N–H and O–H groups in total. The van der Waals surface area contributed by atoms with Crippen LogP contribution in [0.15, 0.2) is 102 Å². The molecule has 0 spiro atoms. The molecular formula is C36H40ClN3O4S. The van der Waals surface area contributed by atoms with Gasteiger partial charge in [0.05, 0.1) is 10.6 Å². The Hall–Kier alpha value is -4.14. The van der Waals surface area contributed by atoms with Gasteiger partial charge in [-0.15, -0.1) is 0 Å². The summed E-state index contributed by atoms with van der Waals surface area (Å²) >= 11 is 6.56. The zero-order valence-electron chi connectivity index (χ0n) is 26.2. The zero-order chi connectivity index (χ0) is 32.6. The molecule has 236 valence electrons. The van der Waals surface area contributed by atoms with Gasteiger partial charge in [0.15, 0.2) is 0 Å². The third-order valence-corrected chi connectivity index (χ3v) is 9.99. The molecule has 0 unspecified atom stereocenters. The molecule has 7 nitrogen and oxygen atoms in total. The van der Waals surface area contributed by atoms with Crippen LogP contribution in [0.3, 0.4) is 0 Å². The van der Waals surface area contributed by atoms with E-state index in [0.29, 0.717) is 22.8 Å². The van der Waals surface area contributed by atoms with Gasteiger partial charge in [-0.2, -0.15) is 0 Å². The number of hydrogen-bond donors (Lipinski definition) is 1. The maximum Gasteiger partial charge on any atom is 0.264 e. The Morgan fingerprint density at radius 3 is 2.18 bits per heavy atom. The average molecular weight is 646 g/mol. The van der Waals surface area contributed by atoms with Crippen molar-refractivity contribution in [2.24, 2.45) is 0 Å². The van der Waals surface area contributed by atoms with Crippen molar-refractivity contribution in [1.82, 2.24) is 10.2 Å². The summed E-state index contributed by atoms with van der Waals surface area (Å²) in [6.07, 6.45) is 0.957. The first-order chi connectivity index (χ1) is 21.5. The predicted molar refractivity (Wildman–Crippen MR) is 181 cm³/mol. The van der Waals surface area contributed by atoms with E-state index < -0.39 is 28.5 Å². The fraction of sp³-hybridized carbons (Fsp3) is 0.278. The van der Waals surface area contributed by atoms with Crippen LogP contribution in [0.2, 0.25) is 5.02 Å². The predicted octanol–water partition coefficient (Wildman–Crippen LogP) is 6.63. The standard InChI is InChI=1S/C36H40ClN3O4S/c1-5-22-38-36(42)34(23-29-13-7-6-8-14-29)39(24-30-15-9-10-16-32(30)37)35(41)25-40(33-17-11-12-27(3)28(33)4)45(43,44)31-20-18-26(2)19-21-31/h6-21,34H,5,22-25H2,1-4H3,(H,38,42)/t34-/m1/s1. The highest BCUT2D eigenvalue weighted by molar-refractivity contribution is 7.92. The number of hydrogen-bond acceptors (Lipinski definition) is 4. The number of rotatable bonds is 13. The van der Waals surface area contributed by atoms with E-state index in [1.807, 2.05) is 70.2 Å². The minimum atomic E-state index is -4.18. The summed E-state index contributed by atoms with van der Waals surface area (Å²) in [6, 6.07) is 27.6. The molecule has 0 bridgehead atoms. The van der Waals surface area contributed by atoms with Crippen LogP contribution >= 0.6 is 11.6 Å². The summed E-state index contributed by atoms with van der Waals surface area (Å²) < 4.78 is 29.7. The maximum atomic E-state index is 14.6. The number of aryl methyl sites for hydroxylation is 2. The van der Waals surface area contributed by atoms with Gasteiger partial charge in [0, 0.05) is 24.5 Å². The number of sulfonamides is 1. The monoisotopic (exact) mass is 645 g/mol. The minimum Gasteiger partial charge on any atom is -0.354 e. The van der Waals surface area contributed by atoms with E-state index in [0.717, 1.165) is 33.0 Å². The highest BCUT2D eigenvalue weighted by atomic mass is 35.5. The van der Waals surface area contributed by atoms with Gasteiger partial charge in [0.1, 0.15) is 12.6 Å². The number of carbonyl (C=O) groups is 2. The van der Waals surface area contributed by atoms with Gasteiger partial charge in [-0.05, 0) is 73.7 Å². The first kappa shape index (κ1) is 33.7. The van der Waals surface area contributed by atoms with E-state index in [1.165, 1.54) is 4.90 Å². The lowest BCUT2D eigenvalue weighted by Gasteiger charge is -2.34. The number of carbonyl (C=O) groups excluding carboxylic acids is 2. The summed E-state index contributed by atoms with van der Waals surface area (Å²) in [7, 11) is -4.18. The van der Waals surface area contributed by atoms with Crippen LogP contribution in [0.1, 0.15) is 41.2 Å². The number of halogens is 1. The number of nitrogens with zero attached hydrogens (tertiary/aromatic N) is 2. The molecule has 4 aromatic rings. The van der Waals surface area contributed by atoms with Crippen molar-refractivity contribution in [2.75, 3.05) is 17.4 Å². The van der Waals surface area contributed by atoms with Crippen molar-refractivity contribution >= 4 is 39.1 Å². The largest absolute Gasteiger partial charge is 0.354 e. The Morgan fingerprint density at radius 1 is 0.844 bits per heavy atom. The number of amides is 2. The first-order valence-corrected chi connectivity index (χ1v) is 16.8. The average Bonchev–Trinajstić information content (AvgIpc) is 3.03. The molecule has 0 aliphatic rings. The molecule has 4 rings (SSSR count). The van der Waals surface area contributed by atoms with Crippen LogP contribution < -0.4 is 9.62 Å². The van der Waals surface area contributed by atoms with Crippen molar-refractivity contribution in [3.63, 3.8) is 0 Å². The van der Waals surface area contributed by atoms with Gasteiger partial charge in [-0.25, -0.2) is 8.42 Å². The van der Waals surface area contributed by atoms with Crippen LogP contribution in [-0.4, -0.2) is 44.3 Å². The zero-order valence-corrected chi connectivity index (χ0v) is 27.7. The smallest absolute Gasteiger partial charge is 0.264 e. The van der Waals surface area contributed by atoms with Crippen LogP contribution in [0.5, 0.6) is 0 Å². The molecule has 2 amide bonds. The van der Waals surface area contributed by atoms with E-state index >= 15 is 0 Å². The van der Waals surface area contributed by atoms with Crippen LogP contribution in [-0.2, 0) is 32.6 Å². The lowest BCUT2D eigenvalue weighted by atomic mass is 10.0. The van der Waals surface area contributed by atoms with Gasteiger partial charge < -0.3 is 10.2 Å². The quantitative estimate of drug-likeness (QED) is 0.177. The van der Waals surface area contributed by atoms with Gasteiger partial charge in [-0.3, -0.25) is 13.9 Å².